The van der Waals surface area contributed by atoms with E-state index in [1.54, 1.807) is 16.0 Å². The number of nitrogen functional groups attached to an aromatic ring is 1. The normalized spacial score (nSPS) is 11.0. The van der Waals surface area contributed by atoms with E-state index < -0.39 is 0 Å². The van der Waals surface area contributed by atoms with Gasteiger partial charge in [-0.15, -0.1) is 11.3 Å². The maximum Gasteiger partial charge on any atom is 0.223 e. The Kier molecular flexibility index (Phi) is 3.04. The number of rotatable bonds is 4. The molecule has 0 aromatic carbocycles. The first kappa shape index (κ1) is 11.9. The van der Waals surface area contributed by atoms with Crippen LogP contribution in [-0.2, 0) is 13.5 Å². The van der Waals surface area contributed by atoms with E-state index in [2.05, 4.69) is 20.4 Å². The van der Waals surface area contributed by atoms with Crippen molar-refractivity contribution < 1.29 is 0 Å². The third kappa shape index (κ3) is 2.50. The first-order valence-electron chi connectivity index (χ1n) is 5.95. The largest absolute Gasteiger partial charge is 0.369 e. The van der Waals surface area contributed by atoms with Gasteiger partial charge < -0.3 is 11.1 Å². The average molecular weight is 274 g/mol. The molecule has 3 N–H and O–H groups in total. The molecular weight excluding hydrogens is 260 g/mol. The van der Waals surface area contributed by atoms with Crippen molar-refractivity contribution in [1.82, 2.24) is 19.7 Å². The minimum absolute atomic E-state index is 0.301. The van der Waals surface area contributed by atoms with Crippen LogP contribution in [0.2, 0.25) is 0 Å². The zero-order chi connectivity index (χ0) is 13.2. The van der Waals surface area contributed by atoms with Crippen LogP contribution in [0.5, 0.6) is 0 Å². The number of aromatic nitrogens is 4. The van der Waals surface area contributed by atoms with Gasteiger partial charge in [-0.1, -0.05) is 0 Å². The van der Waals surface area contributed by atoms with Gasteiger partial charge in [0.15, 0.2) is 0 Å². The Bertz CT molecular complexity index is 701. The zero-order valence-electron chi connectivity index (χ0n) is 10.5. The quantitative estimate of drug-likeness (QED) is 0.756. The van der Waals surface area contributed by atoms with Crippen LogP contribution in [-0.4, -0.2) is 26.3 Å². The lowest BCUT2D eigenvalue weighted by molar-refractivity contribution is 0.742. The summed E-state index contributed by atoms with van der Waals surface area (Å²) in [5, 5.41) is 10.6. The zero-order valence-corrected chi connectivity index (χ0v) is 11.3. The van der Waals surface area contributed by atoms with Crippen molar-refractivity contribution in [3.05, 3.63) is 29.4 Å². The van der Waals surface area contributed by atoms with Crippen molar-refractivity contribution in [1.29, 1.82) is 0 Å². The second-order valence-electron chi connectivity index (χ2n) is 4.23. The number of thiophene rings is 1. The first-order valence-corrected chi connectivity index (χ1v) is 6.83. The van der Waals surface area contributed by atoms with Crippen LogP contribution in [0.25, 0.3) is 10.2 Å². The molecule has 0 fully saturated rings. The van der Waals surface area contributed by atoms with Gasteiger partial charge in [0.05, 0.1) is 11.1 Å². The van der Waals surface area contributed by atoms with Crippen LogP contribution < -0.4 is 11.1 Å². The standard InChI is InChI=1S/C12H14N6S/c1-18-6-3-8(17-18)2-5-14-10-9-4-7-19-11(9)16-12(13)15-10/h3-4,6-7H,2,5H2,1H3,(H3,13,14,15,16). The maximum absolute atomic E-state index is 5.70. The first-order chi connectivity index (χ1) is 9.22. The molecule has 0 unspecified atom stereocenters. The molecule has 0 atom stereocenters. The molecule has 0 aliphatic rings. The highest BCUT2D eigenvalue weighted by Gasteiger charge is 2.07. The minimum atomic E-state index is 0.301. The van der Waals surface area contributed by atoms with E-state index in [-0.39, 0.29) is 0 Å². The summed E-state index contributed by atoms with van der Waals surface area (Å²) < 4.78 is 1.80. The lowest BCUT2D eigenvalue weighted by Gasteiger charge is -2.06. The molecule has 0 bridgehead atoms. The van der Waals surface area contributed by atoms with Gasteiger partial charge in [-0.25, -0.2) is 4.98 Å². The summed E-state index contributed by atoms with van der Waals surface area (Å²) in [6, 6.07) is 4.01. The average Bonchev–Trinajstić information content (AvgIpc) is 2.98. The Balaban J connectivity index is 1.73. The number of hydrogen-bond acceptors (Lipinski definition) is 6. The van der Waals surface area contributed by atoms with Gasteiger partial charge in [0.1, 0.15) is 10.6 Å². The van der Waals surface area contributed by atoms with Gasteiger partial charge in [0.2, 0.25) is 5.95 Å². The van der Waals surface area contributed by atoms with Crippen LogP contribution in [0.1, 0.15) is 5.69 Å². The predicted molar refractivity (Wildman–Crippen MR) is 77.2 cm³/mol. The molecule has 6 nitrogen and oxygen atoms in total. The number of hydrogen-bond donors (Lipinski definition) is 2. The molecule has 0 aliphatic carbocycles. The van der Waals surface area contributed by atoms with Crippen LogP contribution in [0.4, 0.5) is 11.8 Å². The van der Waals surface area contributed by atoms with Crippen molar-refractivity contribution in [3.8, 4) is 0 Å². The van der Waals surface area contributed by atoms with Gasteiger partial charge in [-0.2, -0.15) is 10.1 Å². The Labute approximate surface area is 114 Å². The highest BCUT2D eigenvalue weighted by atomic mass is 32.1. The molecule has 0 amide bonds. The molecule has 0 saturated heterocycles. The third-order valence-electron chi connectivity index (χ3n) is 2.78. The van der Waals surface area contributed by atoms with E-state index in [1.807, 2.05) is 30.8 Å². The van der Waals surface area contributed by atoms with Crippen molar-refractivity contribution in [3.63, 3.8) is 0 Å². The molecule has 3 heterocycles. The molecule has 0 aliphatic heterocycles. The van der Waals surface area contributed by atoms with E-state index >= 15 is 0 Å². The van der Waals surface area contributed by atoms with Gasteiger partial charge in [0.25, 0.3) is 0 Å². The summed E-state index contributed by atoms with van der Waals surface area (Å²) in [5.74, 6) is 1.09. The number of nitrogens with one attached hydrogen (secondary N) is 1. The molecule has 0 spiro atoms. The second-order valence-corrected chi connectivity index (χ2v) is 5.12. The Morgan fingerprint density at radius 1 is 1.37 bits per heavy atom. The summed E-state index contributed by atoms with van der Waals surface area (Å²) in [7, 11) is 1.91. The van der Waals surface area contributed by atoms with Gasteiger partial charge in [0, 0.05) is 26.2 Å². The third-order valence-corrected chi connectivity index (χ3v) is 3.59. The molecular formula is C12H14N6S. The molecule has 98 valence electrons. The molecule has 3 aromatic rings. The summed E-state index contributed by atoms with van der Waals surface area (Å²) in [6.07, 6.45) is 2.78. The number of aryl methyl sites for hydroxylation is 1. The smallest absolute Gasteiger partial charge is 0.223 e. The fourth-order valence-corrected chi connectivity index (χ4v) is 2.68. The maximum atomic E-state index is 5.70. The Hall–Kier alpha value is -2.15. The van der Waals surface area contributed by atoms with Crippen molar-refractivity contribution in [2.75, 3.05) is 17.6 Å². The highest BCUT2D eigenvalue weighted by molar-refractivity contribution is 7.16. The highest BCUT2D eigenvalue weighted by Crippen LogP contribution is 2.25. The number of nitrogens with two attached hydrogens (primary N) is 1. The Morgan fingerprint density at radius 2 is 2.26 bits per heavy atom. The summed E-state index contributed by atoms with van der Waals surface area (Å²) in [6.45, 7) is 0.762. The van der Waals surface area contributed by atoms with E-state index in [4.69, 9.17) is 5.73 Å². The van der Waals surface area contributed by atoms with Crippen LogP contribution in [0, 0.1) is 0 Å². The number of nitrogens with zero attached hydrogens (tertiary/aromatic N) is 4. The van der Waals surface area contributed by atoms with E-state index in [1.165, 1.54) is 0 Å². The fraction of sp³-hybridized carbons (Fsp3) is 0.250. The Morgan fingerprint density at radius 3 is 3.05 bits per heavy atom. The molecule has 7 heteroatoms. The lowest BCUT2D eigenvalue weighted by atomic mass is 10.3. The molecule has 0 radical (unpaired) electrons. The van der Waals surface area contributed by atoms with E-state index in [0.29, 0.717) is 5.95 Å². The van der Waals surface area contributed by atoms with Gasteiger partial charge in [-0.3, -0.25) is 4.68 Å². The van der Waals surface area contributed by atoms with Crippen molar-refractivity contribution >= 4 is 33.3 Å². The monoisotopic (exact) mass is 274 g/mol. The lowest BCUT2D eigenvalue weighted by Crippen LogP contribution is -2.08. The molecule has 3 rings (SSSR count). The van der Waals surface area contributed by atoms with Crippen molar-refractivity contribution in [2.45, 2.75) is 6.42 Å². The van der Waals surface area contributed by atoms with Crippen LogP contribution in [0.3, 0.4) is 0 Å². The topological polar surface area (TPSA) is 81.7 Å². The minimum Gasteiger partial charge on any atom is -0.369 e. The summed E-state index contributed by atoms with van der Waals surface area (Å²) in [5.41, 5.74) is 6.75. The molecule has 19 heavy (non-hydrogen) atoms. The summed E-state index contributed by atoms with van der Waals surface area (Å²) >= 11 is 1.56. The fourth-order valence-electron chi connectivity index (χ4n) is 1.91. The SMILES string of the molecule is Cn1ccc(CCNc2nc(N)nc3sccc23)n1. The predicted octanol–water partition coefficient (Wildman–Crippen LogP) is 1.66. The molecule has 3 aromatic heterocycles. The van der Waals surface area contributed by atoms with E-state index in [0.717, 1.165) is 34.7 Å². The van der Waals surface area contributed by atoms with Crippen LogP contribution in [0.15, 0.2) is 23.7 Å². The number of fused-ring (bicyclic) bond motifs is 1. The second kappa shape index (κ2) is 4.85. The van der Waals surface area contributed by atoms with Gasteiger partial charge in [-0.05, 0) is 17.5 Å². The van der Waals surface area contributed by atoms with Gasteiger partial charge >= 0.3 is 0 Å². The van der Waals surface area contributed by atoms with E-state index in [9.17, 15) is 0 Å². The number of anilines is 2. The summed E-state index contributed by atoms with van der Waals surface area (Å²) in [4.78, 5) is 9.35. The van der Waals surface area contributed by atoms with Crippen molar-refractivity contribution in [2.24, 2.45) is 7.05 Å². The molecule has 0 saturated carbocycles. The van der Waals surface area contributed by atoms with Crippen LogP contribution >= 0.6 is 11.3 Å².